The van der Waals surface area contributed by atoms with Gasteiger partial charge in [-0.2, -0.15) is 0 Å². The molecule has 6 heteroatoms. The van der Waals surface area contributed by atoms with Gasteiger partial charge in [-0.3, -0.25) is 4.79 Å². The molecule has 0 aliphatic heterocycles. The van der Waals surface area contributed by atoms with E-state index in [1.807, 2.05) is 0 Å². The molecule has 0 saturated carbocycles. The normalized spacial score (nSPS) is 10.0. The topological polar surface area (TPSA) is 91.5 Å². The van der Waals surface area contributed by atoms with Gasteiger partial charge >= 0.3 is 5.97 Å². The number of carbonyl (C=O) groups is 2. The highest BCUT2D eigenvalue weighted by Gasteiger charge is 2.19. The summed E-state index contributed by atoms with van der Waals surface area (Å²) in [7, 11) is 2.66. The van der Waals surface area contributed by atoms with Crippen LogP contribution in [0.4, 0.5) is 5.69 Å². The van der Waals surface area contributed by atoms with Crippen molar-refractivity contribution in [1.82, 2.24) is 4.98 Å². The van der Waals surface area contributed by atoms with E-state index in [0.29, 0.717) is 11.3 Å². The van der Waals surface area contributed by atoms with Crippen LogP contribution < -0.4 is 10.5 Å². The maximum Gasteiger partial charge on any atom is 0.360 e. The zero-order valence-electron chi connectivity index (χ0n) is 11.6. The Morgan fingerprint density at radius 2 is 1.90 bits per heavy atom. The Morgan fingerprint density at radius 3 is 2.43 bits per heavy atom. The van der Waals surface area contributed by atoms with Gasteiger partial charge in [0.05, 0.1) is 25.6 Å². The molecule has 1 aromatic heterocycles. The number of anilines is 1. The van der Waals surface area contributed by atoms with Crippen LogP contribution in [-0.4, -0.2) is 31.5 Å². The fraction of sp³-hybridized carbons (Fsp3) is 0.133. The third kappa shape index (κ3) is 2.84. The van der Waals surface area contributed by atoms with Gasteiger partial charge in [0.2, 0.25) is 0 Å². The smallest absolute Gasteiger partial charge is 0.360 e. The van der Waals surface area contributed by atoms with E-state index >= 15 is 0 Å². The molecule has 2 N–H and O–H groups in total. The van der Waals surface area contributed by atoms with Gasteiger partial charge in [0.15, 0.2) is 11.4 Å². The molecule has 1 heterocycles. The van der Waals surface area contributed by atoms with Crippen molar-refractivity contribution in [2.24, 2.45) is 0 Å². The molecular formula is C15H14N2O4. The fourth-order valence-corrected chi connectivity index (χ4v) is 1.88. The molecule has 0 radical (unpaired) electrons. The zero-order chi connectivity index (χ0) is 15.4. The SMILES string of the molecule is COC(=O)c1nc(-c2ccc(C=O)cc2)cc(N)c1OC. The number of aldehydes is 1. The van der Waals surface area contributed by atoms with Crippen LogP contribution in [0.5, 0.6) is 5.75 Å². The summed E-state index contributed by atoms with van der Waals surface area (Å²) in [6.45, 7) is 0. The van der Waals surface area contributed by atoms with Crippen LogP contribution in [0.15, 0.2) is 30.3 Å². The Morgan fingerprint density at radius 1 is 1.24 bits per heavy atom. The van der Waals surface area contributed by atoms with Crippen LogP contribution in [0.1, 0.15) is 20.8 Å². The van der Waals surface area contributed by atoms with Crippen LogP contribution in [0.2, 0.25) is 0 Å². The molecule has 6 nitrogen and oxygen atoms in total. The van der Waals surface area contributed by atoms with E-state index in [4.69, 9.17) is 10.5 Å². The highest BCUT2D eigenvalue weighted by Crippen LogP contribution is 2.30. The number of aromatic nitrogens is 1. The van der Waals surface area contributed by atoms with Gasteiger partial charge in [0.25, 0.3) is 0 Å². The number of nitrogen functional groups attached to an aromatic ring is 1. The van der Waals surface area contributed by atoms with E-state index in [2.05, 4.69) is 9.72 Å². The predicted molar refractivity (Wildman–Crippen MR) is 77.4 cm³/mol. The predicted octanol–water partition coefficient (Wildman–Crippen LogP) is 1.94. The molecule has 21 heavy (non-hydrogen) atoms. The Kier molecular flexibility index (Phi) is 4.18. The molecule has 0 spiro atoms. The molecule has 108 valence electrons. The molecule has 0 saturated heterocycles. The molecule has 0 aliphatic carbocycles. The average molecular weight is 286 g/mol. The molecule has 0 aliphatic rings. The number of hydrogen-bond donors (Lipinski definition) is 1. The molecule has 0 bridgehead atoms. The van der Waals surface area contributed by atoms with Crippen LogP contribution in [0, 0.1) is 0 Å². The maximum absolute atomic E-state index is 11.8. The lowest BCUT2D eigenvalue weighted by molar-refractivity contribution is 0.0590. The first-order chi connectivity index (χ1) is 10.1. The average Bonchev–Trinajstić information content (AvgIpc) is 2.53. The first-order valence-corrected chi connectivity index (χ1v) is 6.09. The fourth-order valence-electron chi connectivity index (χ4n) is 1.88. The minimum Gasteiger partial charge on any atom is -0.492 e. The van der Waals surface area contributed by atoms with Crippen LogP contribution in [-0.2, 0) is 4.74 Å². The molecule has 2 rings (SSSR count). The lowest BCUT2D eigenvalue weighted by Crippen LogP contribution is -2.09. The van der Waals surface area contributed by atoms with E-state index in [-0.39, 0.29) is 17.1 Å². The zero-order valence-corrected chi connectivity index (χ0v) is 11.6. The number of esters is 1. The first-order valence-electron chi connectivity index (χ1n) is 6.09. The van der Waals surface area contributed by atoms with Gasteiger partial charge < -0.3 is 15.2 Å². The summed E-state index contributed by atoms with van der Waals surface area (Å²) in [4.78, 5) is 26.7. The number of methoxy groups -OCH3 is 2. The van der Waals surface area contributed by atoms with Crippen molar-refractivity contribution >= 4 is 17.9 Å². The second-order valence-electron chi connectivity index (χ2n) is 4.21. The Labute approximate surface area is 121 Å². The van der Waals surface area contributed by atoms with Gasteiger partial charge in [-0.1, -0.05) is 24.3 Å². The van der Waals surface area contributed by atoms with Crippen molar-refractivity contribution in [3.05, 3.63) is 41.6 Å². The minimum atomic E-state index is -0.634. The van der Waals surface area contributed by atoms with Crippen molar-refractivity contribution in [3.8, 4) is 17.0 Å². The number of nitrogens with two attached hydrogens (primary N) is 1. The highest BCUT2D eigenvalue weighted by molar-refractivity contribution is 5.93. The Bertz CT molecular complexity index is 681. The van der Waals surface area contributed by atoms with E-state index in [0.717, 1.165) is 11.8 Å². The third-order valence-electron chi connectivity index (χ3n) is 2.93. The van der Waals surface area contributed by atoms with Crippen molar-refractivity contribution in [1.29, 1.82) is 0 Å². The summed E-state index contributed by atoms with van der Waals surface area (Å²) < 4.78 is 9.77. The van der Waals surface area contributed by atoms with E-state index in [1.165, 1.54) is 14.2 Å². The number of pyridine rings is 1. The largest absolute Gasteiger partial charge is 0.492 e. The van der Waals surface area contributed by atoms with Crippen molar-refractivity contribution in [2.45, 2.75) is 0 Å². The van der Waals surface area contributed by atoms with Crippen LogP contribution in [0.25, 0.3) is 11.3 Å². The Hall–Kier alpha value is -2.89. The molecule has 0 amide bonds. The summed E-state index contributed by atoms with van der Waals surface area (Å²) >= 11 is 0. The quantitative estimate of drug-likeness (QED) is 0.682. The second-order valence-corrected chi connectivity index (χ2v) is 4.21. The summed E-state index contributed by atoms with van der Waals surface area (Å²) in [6, 6.07) is 8.35. The van der Waals surface area contributed by atoms with Gasteiger partial charge in [-0.05, 0) is 6.07 Å². The molecule has 0 unspecified atom stereocenters. The summed E-state index contributed by atoms with van der Waals surface area (Å²) in [5.74, 6) is -0.458. The number of benzene rings is 1. The molecule has 1 aromatic carbocycles. The molecular weight excluding hydrogens is 272 g/mol. The lowest BCUT2D eigenvalue weighted by Gasteiger charge is -2.11. The number of rotatable bonds is 4. The monoisotopic (exact) mass is 286 g/mol. The van der Waals surface area contributed by atoms with Gasteiger partial charge in [0.1, 0.15) is 6.29 Å². The summed E-state index contributed by atoms with van der Waals surface area (Å²) in [6.07, 6.45) is 0.749. The van der Waals surface area contributed by atoms with E-state index in [1.54, 1.807) is 30.3 Å². The van der Waals surface area contributed by atoms with Gasteiger partial charge in [-0.25, -0.2) is 9.78 Å². The van der Waals surface area contributed by atoms with Crippen LogP contribution >= 0.6 is 0 Å². The van der Waals surface area contributed by atoms with Crippen LogP contribution in [0.3, 0.4) is 0 Å². The lowest BCUT2D eigenvalue weighted by atomic mass is 10.1. The first kappa shape index (κ1) is 14.5. The molecule has 2 aromatic rings. The second kappa shape index (κ2) is 6.04. The van der Waals surface area contributed by atoms with Crippen molar-refractivity contribution < 1.29 is 19.1 Å². The molecule has 0 fully saturated rings. The van der Waals surface area contributed by atoms with Crippen molar-refractivity contribution in [2.75, 3.05) is 20.0 Å². The number of ether oxygens (including phenoxy) is 2. The maximum atomic E-state index is 11.8. The minimum absolute atomic E-state index is 0.00876. The third-order valence-corrected chi connectivity index (χ3v) is 2.93. The highest BCUT2D eigenvalue weighted by atomic mass is 16.5. The number of nitrogens with zero attached hydrogens (tertiary/aromatic N) is 1. The number of hydrogen-bond acceptors (Lipinski definition) is 6. The van der Waals surface area contributed by atoms with Gasteiger partial charge in [-0.15, -0.1) is 0 Å². The van der Waals surface area contributed by atoms with E-state index < -0.39 is 5.97 Å². The van der Waals surface area contributed by atoms with Crippen molar-refractivity contribution in [3.63, 3.8) is 0 Å². The summed E-state index contributed by atoms with van der Waals surface area (Å²) in [5.41, 5.74) is 7.94. The summed E-state index contributed by atoms with van der Waals surface area (Å²) in [5, 5.41) is 0. The Balaban J connectivity index is 2.56. The standard InChI is InChI=1S/C15H14N2O4/c1-20-14-11(16)7-12(17-13(14)15(19)21-2)10-5-3-9(8-18)4-6-10/h3-8H,1-2H3,(H2,16,17). The van der Waals surface area contributed by atoms with E-state index in [9.17, 15) is 9.59 Å². The number of carbonyl (C=O) groups excluding carboxylic acids is 2. The van der Waals surface area contributed by atoms with Gasteiger partial charge in [0, 0.05) is 11.1 Å². The molecule has 0 atom stereocenters.